The van der Waals surface area contributed by atoms with E-state index in [-0.39, 0.29) is 9.52 Å². The maximum Gasteiger partial charge on any atom is 0.108 e. The number of ether oxygens (including phenoxy) is 1. The second-order valence-electron chi connectivity index (χ2n) is 4.63. The average molecular weight is 318 g/mol. The van der Waals surface area contributed by atoms with Crippen LogP contribution < -0.4 is 0 Å². The summed E-state index contributed by atoms with van der Waals surface area (Å²) >= 11 is 2.00. The summed E-state index contributed by atoms with van der Waals surface area (Å²) < 4.78 is 5.17. The van der Waals surface area contributed by atoms with Gasteiger partial charge in [0.25, 0.3) is 0 Å². The zero-order chi connectivity index (χ0) is 14.6. The van der Waals surface area contributed by atoms with Crippen molar-refractivity contribution in [2.45, 2.75) is 32.2 Å². The normalized spacial score (nSPS) is 22.6. The molecule has 0 radical (unpaired) electrons. The number of nitrogens with zero attached hydrogens (tertiary/aromatic N) is 1. The number of hydrogen-bond donors (Lipinski definition) is 0. The third kappa shape index (κ3) is 7.03. The summed E-state index contributed by atoms with van der Waals surface area (Å²) in [6.07, 6.45) is 5.34. The lowest BCUT2D eigenvalue weighted by atomic mass is 10.0. The van der Waals surface area contributed by atoms with E-state index in [9.17, 15) is 0 Å². The summed E-state index contributed by atoms with van der Waals surface area (Å²) in [5.41, 5.74) is 1.11. The van der Waals surface area contributed by atoms with Gasteiger partial charge in [0.15, 0.2) is 0 Å². The minimum atomic E-state index is 0.114. The van der Waals surface area contributed by atoms with Crippen molar-refractivity contribution in [3.05, 3.63) is 11.6 Å². The number of aliphatic imine (C=N–C) groups is 1. The van der Waals surface area contributed by atoms with Crippen molar-refractivity contribution >= 4 is 27.5 Å². The summed E-state index contributed by atoms with van der Waals surface area (Å²) in [5, 5.41) is 1.70. The number of dihydropyridines is 1. The molecule has 0 aromatic heterocycles. The van der Waals surface area contributed by atoms with Crippen molar-refractivity contribution in [2.24, 2.45) is 10.9 Å². The Morgan fingerprint density at radius 2 is 2.15 bits per heavy atom. The Hall–Kier alpha value is -0.143. The Kier molecular flexibility index (Phi) is 10.3. The SMILES string of the molecule is CCOCCOOCC1=CC(CC)C(SC[SiH2]C)N=C1. The molecular weight excluding hydrogens is 290 g/mol. The molecular formula is C14H27NO3SSi. The Balaban J connectivity index is 2.26. The molecule has 4 nitrogen and oxygen atoms in total. The van der Waals surface area contributed by atoms with E-state index in [4.69, 9.17) is 14.5 Å². The first-order chi connectivity index (χ1) is 9.81. The maximum absolute atomic E-state index is 5.19. The van der Waals surface area contributed by atoms with Crippen LogP contribution >= 0.6 is 11.8 Å². The molecule has 0 aromatic rings. The van der Waals surface area contributed by atoms with Gasteiger partial charge >= 0.3 is 0 Å². The summed E-state index contributed by atoms with van der Waals surface area (Å²) in [6, 6.07) is 0. The highest BCUT2D eigenvalue weighted by atomic mass is 32.2. The van der Waals surface area contributed by atoms with Crippen LogP contribution in [0.4, 0.5) is 0 Å². The van der Waals surface area contributed by atoms with Crippen LogP contribution in [0.2, 0.25) is 6.55 Å². The van der Waals surface area contributed by atoms with Crippen molar-refractivity contribution in [3.63, 3.8) is 0 Å². The maximum atomic E-state index is 5.19. The molecule has 1 aliphatic heterocycles. The van der Waals surface area contributed by atoms with E-state index in [1.807, 2.05) is 24.9 Å². The Morgan fingerprint density at radius 1 is 1.30 bits per heavy atom. The van der Waals surface area contributed by atoms with Crippen LogP contribution in [0.25, 0.3) is 0 Å². The standard InChI is InChI=1S/C14H27NO3SSi/c1-4-13-8-12(9-15-14(13)19-11-20-3)10-18-17-7-6-16-5-2/h8-9,13-14H,4-7,10-11,20H2,1-3H3. The van der Waals surface area contributed by atoms with Crippen molar-refractivity contribution in [2.75, 3.05) is 31.8 Å². The summed E-state index contributed by atoms with van der Waals surface area (Å²) in [6.45, 7) is 8.73. The van der Waals surface area contributed by atoms with E-state index in [1.54, 1.807) is 0 Å². The molecule has 0 aromatic carbocycles. The largest absolute Gasteiger partial charge is 0.379 e. The molecule has 0 amide bonds. The fraction of sp³-hybridized carbons (Fsp3) is 0.786. The van der Waals surface area contributed by atoms with Gasteiger partial charge in [-0.3, -0.25) is 4.99 Å². The van der Waals surface area contributed by atoms with E-state index in [0.717, 1.165) is 12.0 Å². The summed E-state index contributed by atoms with van der Waals surface area (Å²) in [5.74, 6) is 0.521. The smallest absolute Gasteiger partial charge is 0.108 e. The molecule has 20 heavy (non-hydrogen) atoms. The van der Waals surface area contributed by atoms with Crippen molar-refractivity contribution in [1.29, 1.82) is 0 Å². The highest BCUT2D eigenvalue weighted by Gasteiger charge is 2.20. The van der Waals surface area contributed by atoms with Crippen LogP contribution in [0.3, 0.4) is 0 Å². The third-order valence-electron chi connectivity index (χ3n) is 2.97. The van der Waals surface area contributed by atoms with Gasteiger partial charge in [0.1, 0.15) is 18.6 Å². The van der Waals surface area contributed by atoms with Crippen LogP contribution in [0.1, 0.15) is 20.3 Å². The monoisotopic (exact) mass is 317 g/mol. The summed E-state index contributed by atoms with van der Waals surface area (Å²) in [4.78, 5) is 14.9. The second-order valence-corrected chi connectivity index (χ2v) is 8.08. The van der Waals surface area contributed by atoms with Crippen LogP contribution in [-0.2, 0) is 14.5 Å². The van der Waals surface area contributed by atoms with Gasteiger partial charge < -0.3 is 4.74 Å². The van der Waals surface area contributed by atoms with Gasteiger partial charge in [-0.2, -0.15) is 0 Å². The van der Waals surface area contributed by atoms with Crippen molar-refractivity contribution in [3.8, 4) is 0 Å². The molecule has 0 N–H and O–H groups in total. The molecule has 0 saturated heterocycles. The van der Waals surface area contributed by atoms with E-state index in [2.05, 4.69) is 24.5 Å². The molecule has 6 heteroatoms. The minimum absolute atomic E-state index is 0.114. The van der Waals surface area contributed by atoms with Gasteiger partial charge in [0, 0.05) is 28.3 Å². The molecule has 0 bridgehead atoms. The zero-order valence-electron chi connectivity index (χ0n) is 12.8. The van der Waals surface area contributed by atoms with Crippen LogP contribution in [0, 0.1) is 5.92 Å². The molecule has 2 unspecified atom stereocenters. The van der Waals surface area contributed by atoms with Crippen LogP contribution in [-0.4, -0.2) is 52.9 Å². The molecule has 0 aliphatic carbocycles. The first-order valence-electron chi connectivity index (χ1n) is 7.49. The lowest BCUT2D eigenvalue weighted by Gasteiger charge is -2.23. The number of rotatable bonds is 11. The Labute approximate surface area is 129 Å². The second kappa shape index (κ2) is 11.5. The van der Waals surface area contributed by atoms with E-state index < -0.39 is 0 Å². The minimum Gasteiger partial charge on any atom is -0.379 e. The molecule has 0 saturated carbocycles. The zero-order valence-corrected chi connectivity index (χ0v) is 15.1. The first-order valence-corrected chi connectivity index (χ1v) is 11.0. The average Bonchev–Trinajstić information content (AvgIpc) is 2.49. The van der Waals surface area contributed by atoms with Gasteiger partial charge in [-0.05, 0) is 24.3 Å². The van der Waals surface area contributed by atoms with Crippen molar-refractivity contribution < 1.29 is 14.5 Å². The predicted molar refractivity (Wildman–Crippen MR) is 89.4 cm³/mol. The quantitative estimate of drug-likeness (QED) is 0.254. The first kappa shape index (κ1) is 17.9. The molecule has 0 spiro atoms. The topological polar surface area (TPSA) is 40.0 Å². The van der Waals surface area contributed by atoms with Crippen LogP contribution in [0.5, 0.6) is 0 Å². The molecule has 1 rings (SSSR count). The molecule has 0 fully saturated rings. The lowest BCUT2D eigenvalue weighted by Crippen LogP contribution is -2.20. The highest BCUT2D eigenvalue weighted by molar-refractivity contribution is 8.01. The fourth-order valence-electron chi connectivity index (χ4n) is 1.90. The van der Waals surface area contributed by atoms with Crippen molar-refractivity contribution in [1.82, 2.24) is 0 Å². The molecule has 1 heterocycles. The lowest BCUT2D eigenvalue weighted by molar-refractivity contribution is -0.291. The highest BCUT2D eigenvalue weighted by Crippen LogP contribution is 2.28. The number of thioether (sulfide) groups is 1. The Morgan fingerprint density at radius 3 is 2.85 bits per heavy atom. The number of hydrogen-bond acceptors (Lipinski definition) is 5. The van der Waals surface area contributed by atoms with Gasteiger partial charge in [-0.1, -0.05) is 19.5 Å². The molecule has 116 valence electrons. The third-order valence-corrected chi connectivity index (χ3v) is 6.36. The van der Waals surface area contributed by atoms with Gasteiger partial charge in [-0.25, -0.2) is 9.78 Å². The predicted octanol–water partition coefficient (Wildman–Crippen LogP) is 2.24. The van der Waals surface area contributed by atoms with Gasteiger partial charge in [0.2, 0.25) is 0 Å². The molecule has 2 atom stereocenters. The van der Waals surface area contributed by atoms with E-state index in [0.29, 0.717) is 37.7 Å². The van der Waals surface area contributed by atoms with Gasteiger partial charge in [0.05, 0.1) is 6.61 Å². The Bertz CT molecular complexity index is 313. The molecule has 1 aliphatic rings. The fourth-order valence-corrected chi connectivity index (χ4v) is 4.47. The van der Waals surface area contributed by atoms with E-state index in [1.165, 1.54) is 5.38 Å². The van der Waals surface area contributed by atoms with Crippen LogP contribution in [0.15, 0.2) is 16.6 Å². The van der Waals surface area contributed by atoms with Gasteiger partial charge in [-0.15, -0.1) is 11.8 Å². The summed E-state index contributed by atoms with van der Waals surface area (Å²) in [7, 11) is 0.114. The van der Waals surface area contributed by atoms with E-state index >= 15 is 0 Å².